The molecular formula is C11H14N6O2S. The third-order valence-corrected chi connectivity index (χ3v) is 2.80. The van der Waals surface area contributed by atoms with E-state index in [1.807, 2.05) is 13.8 Å². The van der Waals surface area contributed by atoms with Crippen LogP contribution in [-0.4, -0.2) is 38.1 Å². The second-order valence-electron chi connectivity index (χ2n) is 3.53. The van der Waals surface area contributed by atoms with Crippen molar-refractivity contribution in [1.29, 1.82) is 0 Å². The van der Waals surface area contributed by atoms with E-state index in [1.54, 1.807) is 0 Å². The standard InChI is InChI=1S/C11H14N6O2S/c1-3-12-8-15-9(19-4-2)17-11(16-8)20-10-13-6-5-7(18)14-10/h5-6H,3-4H2,1-2H3,(H,13,14,18)(H,12,15,16,17). The normalized spacial score (nSPS) is 10.3. The molecule has 0 radical (unpaired) electrons. The van der Waals surface area contributed by atoms with E-state index in [9.17, 15) is 4.79 Å². The Morgan fingerprint density at radius 1 is 1.35 bits per heavy atom. The number of anilines is 1. The van der Waals surface area contributed by atoms with Gasteiger partial charge in [0.15, 0.2) is 5.16 Å². The number of rotatable bonds is 6. The minimum Gasteiger partial charge on any atom is -0.464 e. The quantitative estimate of drug-likeness (QED) is 0.758. The highest BCUT2D eigenvalue weighted by Gasteiger charge is 2.09. The molecule has 0 unspecified atom stereocenters. The van der Waals surface area contributed by atoms with Gasteiger partial charge in [0.2, 0.25) is 11.1 Å². The maximum absolute atomic E-state index is 11.2. The Morgan fingerprint density at radius 2 is 2.20 bits per heavy atom. The zero-order chi connectivity index (χ0) is 14.4. The number of nitrogens with one attached hydrogen (secondary N) is 2. The van der Waals surface area contributed by atoms with E-state index < -0.39 is 0 Å². The van der Waals surface area contributed by atoms with Gasteiger partial charge in [0.25, 0.3) is 5.56 Å². The molecule has 0 amide bonds. The smallest absolute Gasteiger partial charge is 0.322 e. The van der Waals surface area contributed by atoms with Gasteiger partial charge in [-0.2, -0.15) is 15.0 Å². The molecule has 2 aromatic rings. The van der Waals surface area contributed by atoms with Crippen LogP contribution in [0.2, 0.25) is 0 Å². The molecule has 0 saturated heterocycles. The molecule has 9 heteroatoms. The third-order valence-electron chi connectivity index (χ3n) is 2.04. The summed E-state index contributed by atoms with van der Waals surface area (Å²) in [5.74, 6) is 0.423. The van der Waals surface area contributed by atoms with E-state index in [-0.39, 0.29) is 11.6 Å². The molecule has 0 fully saturated rings. The van der Waals surface area contributed by atoms with Crippen LogP contribution in [0.4, 0.5) is 5.95 Å². The average Bonchev–Trinajstić information content (AvgIpc) is 2.39. The Balaban J connectivity index is 2.27. The summed E-state index contributed by atoms with van der Waals surface area (Å²) in [5.41, 5.74) is -0.228. The third kappa shape index (κ3) is 3.92. The van der Waals surface area contributed by atoms with Crippen LogP contribution in [0.15, 0.2) is 27.4 Å². The highest BCUT2D eigenvalue weighted by atomic mass is 32.2. The molecule has 106 valence electrons. The molecule has 0 aromatic carbocycles. The highest BCUT2D eigenvalue weighted by molar-refractivity contribution is 7.99. The summed E-state index contributed by atoms with van der Waals surface area (Å²) >= 11 is 1.13. The second kappa shape index (κ2) is 6.85. The van der Waals surface area contributed by atoms with Crippen LogP contribution < -0.4 is 15.6 Å². The Bertz CT molecular complexity index is 608. The maximum atomic E-state index is 11.2. The van der Waals surface area contributed by atoms with Gasteiger partial charge < -0.3 is 15.0 Å². The number of H-pyrrole nitrogens is 1. The monoisotopic (exact) mass is 294 g/mol. The SMILES string of the molecule is CCNc1nc(OCC)nc(Sc2nccc(=O)[nH]2)n1. The number of aromatic nitrogens is 5. The molecule has 0 spiro atoms. The molecule has 2 aromatic heterocycles. The van der Waals surface area contributed by atoms with E-state index >= 15 is 0 Å². The molecule has 0 saturated carbocycles. The minimum absolute atomic E-state index is 0.228. The number of hydrogen-bond donors (Lipinski definition) is 2. The van der Waals surface area contributed by atoms with Gasteiger partial charge in [-0.1, -0.05) is 0 Å². The van der Waals surface area contributed by atoms with Gasteiger partial charge in [-0.05, 0) is 25.6 Å². The van der Waals surface area contributed by atoms with Crippen molar-refractivity contribution in [3.8, 4) is 6.01 Å². The van der Waals surface area contributed by atoms with E-state index in [2.05, 4.69) is 30.2 Å². The van der Waals surface area contributed by atoms with Crippen LogP contribution in [0.5, 0.6) is 6.01 Å². The summed E-state index contributed by atoms with van der Waals surface area (Å²) in [7, 11) is 0. The fraction of sp³-hybridized carbons (Fsp3) is 0.364. The fourth-order valence-electron chi connectivity index (χ4n) is 1.30. The van der Waals surface area contributed by atoms with Gasteiger partial charge in [0.1, 0.15) is 0 Å². The molecule has 20 heavy (non-hydrogen) atoms. The van der Waals surface area contributed by atoms with Crippen molar-refractivity contribution in [3.63, 3.8) is 0 Å². The van der Waals surface area contributed by atoms with Crippen molar-refractivity contribution in [2.45, 2.75) is 24.2 Å². The topological polar surface area (TPSA) is 106 Å². The van der Waals surface area contributed by atoms with E-state index in [0.29, 0.717) is 29.4 Å². The zero-order valence-corrected chi connectivity index (χ0v) is 11.9. The summed E-state index contributed by atoms with van der Waals surface area (Å²) < 4.78 is 5.29. The molecule has 8 nitrogen and oxygen atoms in total. The van der Waals surface area contributed by atoms with Gasteiger partial charge in [-0.3, -0.25) is 4.79 Å². The zero-order valence-electron chi connectivity index (χ0n) is 11.1. The first kappa shape index (κ1) is 14.3. The lowest BCUT2D eigenvalue weighted by Gasteiger charge is -2.06. The van der Waals surface area contributed by atoms with Crippen LogP contribution in [0.25, 0.3) is 0 Å². The fourth-order valence-corrected chi connectivity index (χ4v) is 2.00. The average molecular weight is 294 g/mol. The summed E-state index contributed by atoms with van der Waals surface area (Å²) in [6, 6.07) is 1.58. The predicted octanol–water partition coefficient (Wildman–Crippen LogP) is 0.937. The number of ether oxygens (including phenoxy) is 1. The first-order valence-electron chi connectivity index (χ1n) is 6.07. The minimum atomic E-state index is -0.228. The molecule has 2 heterocycles. The Hall–Kier alpha value is -2.16. The van der Waals surface area contributed by atoms with Gasteiger partial charge in [-0.25, -0.2) is 4.98 Å². The molecule has 0 aliphatic carbocycles. The summed E-state index contributed by atoms with van der Waals surface area (Å²) in [6.45, 7) is 4.92. The summed E-state index contributed by atoms with van der Waals surface area (Å²) in [6.07, 6.45) is 1.43. The second-order valence-corrected chi connectivity index (χ2v) is 4.48. The van der Waals surface area contributed by atoms with Crippen LogP contribution >= 0.6 is 11.8 Å². The van der Waals surface area contributed by atoms with Gasteiger partial charge in [0.05, 0.1) is 6.61 Å². The van der Waals surface area contributed by atoms with Crippen molar-refractivity contribution in [2.75, 3.05) is 18.5 Å². The highest BCUT2D eigenvalue weighted by Crippen LogP contribution is 2.22. The lowest BCUT2D eigenvalue weighted by Crippen LogP contribution is -2.08. The maximum Gasteiger partial charge on any atom is 0.322 e. The number of aromatic amines is 1. The predicted molar refractivity (Wildman–Crippen MR) is 74.1 cm³/mol. The largest absolute Gasteiger partial charge is 0.464 e. The molecule has 0 aliphatic heterocycles. The Morgan fingerprint density at radius 3 is 2.90 bits per heavy atom. The van der Waals surface area contributed by atoms with Crippen LogP contribution in [0.3, 0.4) is 0 Å². The van der Waals surface area contributed by atoms with Crippen LogP contribution in [0.1, 0.15) is 13.8 Å². The molecular weight excluding hydrogens is 280 g/mol. The first-order chi connectivity index (χ1) is 9.71. The van der Waals surface area contributed by atoms with E-state index in [1.165, 1.54) is 12.3 Å². The summed E-state index contributed by atoms with van der Waals surface area (Å²) in [5, 5.41) is 3.80. The molecule has 0 bridgehead atoms. The molecule has 2 rings (SSSR count). The van der Waals surface area contributed by atoms with Crippen molar-refractivity contribution in [3.05, 3.63) is 22.6 Å². The van der Waals surface area contributed by atoms with Gasteiger partial charge in [-0.15, -0.1) is 0 Å². The van der Waals surface area contributed by atoms with Crippen molar-refractivity contribution in [2.24, 2.45) is 0 Å². The first-order valence-corrected chi connectivity index (χ1v) is 6.88. The molecule has 2 N–H and O–H groups in total. The lowest BCUT2D eigenvalue weighted by molar-refractivity contribution is 0.308. The molecule has 0 atom stereocenters. The van der Waals surface area contributed by atoms with Gasteiger partial charge in [0, 0.05) is 18.8 Å². The Labute approximate surface area is 119 Å². The Kier molecular flexibility index (Phi) is 4.88. The van der Waals surface area contributed by atoms with Crippen LogP contribution in [-0.2, 0) is 0 Å². The van der Waals surface area contributed by atoms with E-state index in [4.69, 9.17) is 4.74 Å². The van der Waals surface area contributed by atoms with E-state index in [0.717, 1.165) is 11.8 Å². The van der Waals surface area contributed by atoms with Gasteiger partial charge >= 0.3 is 6.01 Å². The van der Waals surface area contributed by atoms with Crippen molar-refractivity contribution < 1.29 is 4.74 Å². The van der Waals surface area contributed by atoms with Crippen molar-refractivity contribution in [1.82, 2.24) is 24.9 Å². The van der Waals surface area contributed by atoms with Crippen LogP contribution in [0, 0.1) is 0 Å². The molecule has 0 aliphatic rings. The summed E-state index contributed by atoms with van der Waals surface area (Å²) in [4.78, 5) is 30.3. The lowest BCUT2D eigenvalue weighted by atomic mass is 10.7. The van der Waals surface area contributed by atoms with Crippen molar-refractivity contribution >= 4 is 17.7 Å². The number of nitrogens with zero attached hydrogens (tertiary/aromatic N) is 4. The number of hydrogen-bond acceptors (Lipinski definition) is 8.